The van der Waals surface area contributed by atoms with Crippen LogP contribution in [0.4, 0.5) is 23.0 Å². The lowest BCUT2D eigenvalue weighted by Crippen LogP contribution is -2.52. The predicted octanol–water partition coefficient (Wildman–Crippen LogP) is 4.18. The Morgan fingerprint density at radius 2 is 1.60 bits per heavy atom. The number of rotatable bonds is 9. The molecule has 1 aliphatic carbocycles. The van der Waals surface area contributed by atoms with E-state index in [1.54, 1.807) is 7.11 Å². The molecule has 2 atom stereocenters. The van der Waals surface area contributed by atoms with E-state index < -0.39 is 5.91 Å². The number of hydrogen-bond donors (Lipinski definition) is 3. The molecule has 0 bridgehead atoms. The summed E-state index contributed by atoms with van der Waals surface area (Å²) >= 11 is 0. The van der Waals surface area contributed by atoms with Crippen LogP contribution in [-0.4, -0.2) is 97.3 Å². The van der Waals surface area contributed by atoms with Crippen molar-refractivity contribution >= 4 is 28.9 Å². The van der Waals surface area contributed by atoms with Gasteiger partial charge >= 0.3 is 0 Å². The molecule has 1 saturated carbocycles. The molecule has 1 amide bonds. The van der Waals surface area contributed by atoms with Crippen molar-refractivity contribution in [2.75, 3.05) is 69.0 Å². The van der Waals surface area contributed by atoms with Gasteiger partial charge in [0.2, 0.25) is 0 Å². The van der Waals surface area contributed by atoms with Crippen LogP contribution < -0.4 is 21.3 Å². The summed E-state index contributed by atoms with van der Waals surface area (Å²) in [6, 6.07) is 19.0. The standard InChI is InChI=1S/C33H44N8O2/c1-39-18-20-41(21-19-39)27-14-16-40(17-15-27)26-11-8-24(9-12-26)35-33-30(31(34)42)37-29(23-6-4-3-5-7-23)32(38-33)36-25-10-13-28(22-25)43-2/h3-9,11-12,25,27-28H,10,13-22H2,1-2H3,(H2,34,42)(H2,35,36,38). The SMILES string of the molecule is COC1CCC(Nc2nc(Nc3ccc(N4CCC(N5CCN(C)CC5)CC4)cc3)c(C(N)=O)nc2-c2ccccc2)C1. The molecule has 43 heavy (non-hydrogen) atoms. The van der Waals surface area contributed by atoms with Crippen LogP contribution in [0.5, 0.6) is 0 Å². The van der Waals surface area contributed by atoms with E-state index in [9.17, 15) is 4.79 Å². The Labute approximate surface area is 254 Å². The fourth-order valence-corrected chi connectivity index (χ4v) is 6.64. The van der Waals surface area contributed by atoms with Gasteiger partial charge in [0.05, 0.1) is 6.10 Å². The molecule has 2 saturated heterocycles. The molecule has 0 radical (unpaired) electrons. The van der Waals surface area contributed by atoms with Gasteiger partial charge in [-0.15, -0.1) is 0 Å². The highest BCUT2D eigenvalue weighted by atomic mass is 16.5. The fourth-order valence-electron chi connectivity index (χ4n) is 6.64. The van der Waals surface area contributed by atoms with Crippen LogP contribution in [0.1, 0.15) is 42.6 Å². The number of methoxy groups -OCH3 is 1. The van der Waals surface area contributed by atoms with Gasteiger partial charge in [0, 0.05) is 75.4 Å². The van der Waals surface area contributed by atoms with Crippen LogP contribution in [-0.2, 0) is 4.74 Å². The number of nitrogens with two attached hydrogens (primary N) is 1. The highest BCUT2D eigenvalue weighted by Gasteiger charge is 2.28. The zero-order chi connectivity index (χ0) is 29.8. The maximum Gasteiger partial charge on any atom is 0.271 e. The molecule has 3 heterocycles. The minimum Gasteiger partial charge on any atom is -0.381 e. The zero-order valence-corrected chi connectivity index (χ0v) is 25.3. The number of piperidine rings is 1. The van der Waals surface area contributed by atoms with Crippen molar-refractivity contribution < 1.29 is 9.53 Å². The van der Waals surface area contributed by atoms with E-state index in [-0.39, 0.29) is 17.8 Å². The second-order valence-corrected chi connectivity index (χ2v) is 12.1. The Morgan fingerprint density at radius 1 is 0.884 bits per heavy atom. The molecule has 0 spiro atoms. The van der Waals surface area contributed by atoms with Gasteiger partial charge in [-0.2, -0.15) is 0 Å². The highest BCUT2D eigenvalue weighted by molar-refractivity contribution is 5.97. The number of nitrogens with one attached hydrogen (secondary N) is 2. The monoisotopic (exact) mass is 584 g/mol. The number of primary amides is 1. The molecule has 10 nitrogen and oxygen atoms in total. The first-order chi connectivity index (χ1) is 21.0. The van der Waals surface area contributed by atoms with E-state index in [4.69, 9.17) is 20.4 Å². The van der Waals surface area contributed by atoms with Gasteiger partial charge in [-0.1, -0.05) is 30.3 Å². The summed E-state index contributed by atoms with van der Waals surface area (Å²) in [7, 11) is 3.97. The van der Waals surface area contributed by atoms with Crippen molar-refractivity contribution in [3.8, 4) is 11.3 Å². The van der Waals surface area contributed by atoms with Crippen LogP contribution >= 0.6 is 0 Å². The summed E-state index contributed by atoms with van der Waals surface area (Å²) in [6.07, 6.45) is 5.47. The molecule has 3 aliphatic rings. The molecular weight excluding hydrogens is 540 g/mol. The number of nitrogens with zero attached hydrogens (tertiary/aromatic N) is 5. The van der Waals surface area contributed by atoms with E-state index >= 15 is 0 Å². The van der Waals surface area contributed by atoms with Crippen molar-refractivity contribution in [3.63, 3.8) is 0 Å². The van der Waals surface area contributed by atoms with Crippen LogP contribution in [0, 0.1) is 0 Å². The van der Waals surface area contributed by atoms with Crippen molar-refractivity contribution in [2.45, 2.75) is 50.3 Å². The summed E-state index contributed by atoms with van der Waals surface area (Å²) < 4.78 is 5.58. The molecule has 1 aromatic heterocycles. The van der Waals surface area contributed by atoms with Gasteiger partial charge in [0.1, 0.15) is 5.69 Å². The van der Waals surface area contributed by atoms with Gasteiger partial charge in [-0.25, -0.2) is 9.97 Å². The fraction of sp³-hybridized carbons (Fsp3) is 0.485. The summed E-state index contributed by atoms with van der Waals surface area (Å²) in [5.41, 5.74) is 9.45. The maximum absolute atomic E-state index is 12.6. The van der Waals surface area contributed by atoms with Crippen molar-refractivity contribution in [1.82, 2.24) is 19.8 Å². The minimum atomic E-state index is -0.626. The average Bonchev–Trinajstić information content (AvgIpc) is 3.50. The molecule has 3 fully saturated rings. The number of carbonyl (C=O) groups excluding carboxylic acids is 1. The first kappa shape index (κ1) is 29.3. The second-order valence-electron chi connectivity index (χ2n) is 12.1. The van der Waals surface area contributed by atoms with Crippen LogP contribution in [0.2, 0.25) is 0 Å². The maximum atomic E-state index is 12.6. The summed E-state index contributed by atoms with van der Waals surface area (Å²) in [5, 5.41) is 6.92. The quantitative estimate of drug-likeness (QED) is 0.341. The largest absolute Gasteiger partial charge is 0.381 e. The lowest BCUT2D eigenvalue weighted by molar-refractivity contribution is 0.0982. The Bertz CT molecular complexity index is 1370. The molecule has 10 heteroatoms. The number of anilines is 4. The summed E-state index contributed by atoms with van der Waals surface area (Å²) in [4.78, 5) is 29.8. The lowest BCUT2D eigenvalue weighted by atomic mass is 10.0. The molecular formula is C33H44N8O2. The first-order valence-corrected chi connectivity index (χ1v) is 15.6. The van der Waals surface area contributed by atoms with Gasteiger partial charge in [-0.05, 0) is 63.4 Å². The Kier molecular flexibility index (Phi) is 9.06. The summed E-state index contributed by atoms with van der Waals surface area (Å²) in [6.45, 7) is 6.80. The van der Waals surface area contributed by atoms with Gasteiger partial charge in [0.25, 0.3) is 5.91 Å². The number of piperazine rings is 1. The van der Waals surface area contributed by atoms with E-state index in [0.29, 0.717) is 23.4 Å². The number of likely N-dealkylation sites (N-methyl/N-ethyl adjacent to an activating group) is 1. The number of carbonyl (C=O) groups is 1. The van der Waals surface area contributed by atoms with Gasteiger partial charge in [-0.3, -0.25) is 9.69 Å². The van der Waals surface area contributed by atoms with Crippen LogP contribution in [0.15, 0.2) is 54.6 Å². The summed E-state index contributed by atoms with van der Waals surface area (Å²) in [5.74, 6) is 0.343. The smallest absolute Gasteiger partial charge is 0.271 e. The lowest BCUT2D eigenvalue weighted by Gasteiger charge is -2.42. The van der Waals surface area contributed by atoms with Crippen LogP contribution in [0.25, 0.3) is 11.3 Å². The van der Waals surface area contributed by atoms with E-state index in [2.05, 4.69) is 44.5 Å². The topological polar surface area (TPSA) is 112 Å². The molecule has 6 rings (SSSR count). The second kappa shape index (κ2) is 13.3. The molecule has 228 valence electrons. The molecule has 2 aromatic carbocycles. The molecule has 2 aliphatic heterocycles. The molecule has 2 unspecified atom stereocenters. The molecule has 3 aromatic rings. The average molecular weight is 585 g/mol. The number of benzene rings is 2. The van der Waals surface area contributed by atoms with E-state index in [1.807, 2.05) is 42.5 Å². The Balaban J connectivity index is 1.18. The third-order valence-electron chi connectivity index (χ3n) is 9.25. The van der Waals surface area contributed by atoms with Crippen molar-refractivity contribution in [1.29, 1.82) is 0 Å². The van der Waals surface area contributed by atoms with Gasteiger partial charge in [0.15, 0.2) is 17.3 Å². The highest BCUT2D eigenvalue weighted by Crippen LogP contribution is 2.33. The zero-order valence-electron chi connectivity index (χ0n) is 25.3. The third kappa shape index (κ3) is 6.92. The van der Waals surface area contributed by atoms with Gasteiger partial charge < -0.3 is 30.9 Å². The first-order valence-electron chi connectivity index (χ1n) is 15.6. The normalized spacial score (nSPS) is 22.0. The van der Waals surface area contributed by atoms with Crippen molar-refractivity contribution in [3.05, 3.63) is 60.3 Å². The van der Waals surface area contributed by atoms with Crippen LogP contribution in [0.3, 0.4) is 0 Å². The Hall–Kier alpha value is -3.73. The number of hydrogen-bond acceptors (Lipinski definition) is 9. The predicted molar refractivity (Wildman–Crippen MR) is 172 cm³/mol. The minimum absolute atomic E-state index is 0.112. The number of ether oxygens (including phenoxy) is 1. The molecule has 4 N–H and O–H groups in total. The third-order valence-corrected chi connectivity index (χ3v) is 9.25. The van der Waals surface area contributed by atoms with E-state index in [0.717, 1.165) is 56.7 Å². The van der Waals surface area contributed by atoms with E-state index in [1.165, 1.54) is 31.6 Å². The number of amides is 1. The number of aromatic nitrogens is 2. The Morgan fingerprint density at radius 3 is 2.26 bits per heavy atom. The van der Waals surface area contributed by atoms with Crippen molar-refractivity contribution in [2.24, 2.45) is 5.73 Å².